The average molecular weight is 360 g/mol. The molecule has 2 aliphatic rings. The van der Waals surface area contributed by atoms with E-state index in [1.807, 2.05) is 24.3 Å². The van der Waals surface area contributed by atoms with Crippen LogP contribution in [0.4, 0.5) is 0 Å². The van der Waals surface area contributed by atoms with E-state index in [1.54, 1.807) is 18.6 Å². The summed E-state index contributed by atoms with van der Waals surface area (Å²) in [5.74, 6) is 0.594. The SMILES string of the molecule is O=C1NC[C@@]2(CCCNC2)c2[nH]c(-c3ccnc(-c4cccnc4)n3)cc21. The highest BCUT2D eigenvalue weighted by molar-refractivity contribution is 5.98. The minimum atomic E-state index is -0.0705. The number of piperidine rings is 1. The lowest BCUT2D eigenvalue weighted by atomic mass is 9.74. The molecular weight excluding hydrogens is 340 g/mol. The van der Waals surface area contributed by atoms with Crippen molar-refractivity contribution in [2.45, 2.75) is 18.3 Å². The normalized spacial score (nSPS) is 21.7. The van der Waals surface area contributed by atoms with Crippen LogP contribution in [0.25, 0.3) is 22.8 Å². The third-order valence-electron chi connectivity index (χ3n) is 5.50. The Balaban J connectivity index is 1.58. The zero-order chi connectivity index (χ0) is 18.3. The van der Waals surface area contributed by atoms with Gasteiger partial charge in [0.1, 0.15) is 0 Å². The molecule has 1 spiro atoms. The molecule has 0 radical (unpaired) electrons. The number of nitrogens with one attached hydrogen (secondary N) is 3. The Hall–Kier alpha value is -3.06. The van der Waals surface area contributed by atoms with Crippen molar-refractivity contribution in [3.8, 4) is 22.8 Å². The standard InChI is InChI=1S/C20H20N6O/c27-19-14-9-16(25-17(14)20(12-24-19)5-2-7-22-11-20)15-4-8-23-18(26-15)13-3-1-6-21-10-13/h1,3-4,6,8-10,22,25H,2,5,7,11-12H2,(H,24,27)/t20-/m0/s1. The van der Waals surface area contributed by atoms with Crippen molar-refractivity contribution in [2.24, 2.45) is 0 Å². The Morgan fingerprint density at radius 3 is 2.93 bits per heavy atom. The van der Waals surface area contributed by atoms with E-state index < -0.39 is 0 Å². The first-order chi connectivity index (χ1) is 13.3. The minimum Gasteiger partial charge on any atom is -0.356 e. The van der Waals surface area contributed by atoms with Gasteiger partial charge in [-0.1, -0.05) is 0 Å². The maximum atomic E-state index is 12.5. The Morgan fingerprint density at radius 2 is 2.11 bits per heavy atom. The van der Waals surface area contributed by atoms with Gasteiger partial charge in [0.25, 0.3) is 5.91 Å². The van der Waals surface area contributed by atoms with Crippen molar-refractivity contribution >= 4 is 5.91 Å². The number of aromatic amines is 1. The number of rotatable bonds is 2. The van der Waals surface area contributed by atoms with Gasteiger partial charge in [-0.25, -0.2) is 9.97 Å². The molecule has 1 fully saturated rings. The number of aromatic nitrogens is 4. The van der Waals surface area contributed by atoms with E-state index >= 15 is 0 Å². The van der Waals surface area contributed by atoms with Crippen LogP contribution in [0.3, 0.4) is 0 Å². The summed E-state index contributed by atoms with van der Waals surface area (Å²) in [6, 6.07) is 7.57. The second kappa shape index (κ2) is 6.28. The molecule has 136 valence electrons. The van der Waals surface area contributed by atoms with Gasteiger partial charge in [0, 0.05) is 48.4 Å². The largest absolute Gasteiger partial charge is 0.356 e. The first kappa shape index (κ1) is 16.1. The number of hydrogen-bond donors (Lipinski definition) is 3. The molecule has 7 nitrogen and oxygen atoms in total. The van der Waals surface area contributed by atoms with Crippen LogP contribution in [0.5, 0.6) is 0 Å². The highest BCUT2D eigenvalue weighted by Crippen LogP contribution is 2.37. The predicted octanol–water partition coefficient (Wildman–Crippen LogP) is 1.90. The van der Waals surface area contributed by atoms with E-state index in [4.69, 9.17) is 0 Å². The van der Waals surface area contributed by atoms with Gasteiger partial charge in [-0.15, -0.1) is 0 Å². The summed E-state index contributed by atoms with van der Waals surface area (Å²) in [7, 11) is 0. The van der Waals surface area contributed by atoms with Crippen molar-refractivity contribution in [3.63, 3.8) is 0 Å². The van der Waals surface area contributed by atoms with Gasteiger partial charge in [0.2, 0.25) is 0 Å². The van der Waals surface area contributed by atoms with E-state index in [0.29, 0.717) is 12.4 Å². The predicted molar refractivity (Wildman–Crippen MR) is 101 cm³/mol. The van der Waals surface area contributed by atoms with Crippen molar-refractivity contribution in [3.05, 3.63) is 54.1 Å². The summed E-state index contributed by atoms with van der Waals surface area (Å²) in [4.78, 5) is 29.1. The molecule has 1 atom stereocenters. The molecule has 1 saturated heterocycles. The second-order valence-corrected chi connectivity index (χ2v) is 7.22. The number of fused-ring (bicyclic) bond motifs is 2. The highest BCUT2D eigenvalue weighted by atomic mass is 16.1. The topological polar surface area (TPSA) is 95.6 Å². The van der Waals surface area contributed by atoms with Crippen molar-refractivity contribution < 1.29 is 4.79 Å². The number of amides is 1. The molecule has 0 aliphatic carbocycles. The van der Waals surface area contributed by atoms with Crippen molar-refractivity contribution in [1.29, 1.82) is 0 Å². The van der Waals surface area contributed by atoms with E-state index in [-0.39, 0.29) is 11.3 Å². The zero-order valence-electron chi connectivity index (χ0n) is 14.8. The van der Waals surface area contributed by atoms with E-state index in [9.17, 15) is 4.79 Å². The summed E-state index contributed by atoms with van der Waals surface area (Å²) < 4.78 is 0. The molecule has 0 aromatic carbocycles. The van der Waals surface area contributed by atoms with E-state index in [1.165, 1.54) is 0 Å². The van der Waals surface area contributed by atoms with Gasteiger partial charge < -0.3 is 15.6 Å². The minimum absolute atomic E-state index is 0.0229. The van der Waals surface area contributed by atoms with E-state index in [2.05, 4.69) is 30.6 Å². The van der Waals surface area contributed by atoms with Crippen LogP contribution in [0.15, 0.2) is 42.9 Å². The summed E-state index contributed by atoms with van der Waals surface area (Å²) in [5.41, 5.74) is 4.15. The first-order valence-electron chi connectivity index (χ1n) is 9.21. The lowest BCUT2D eigenvalue weighted by Gasteiger charge is -2.40. The second-order valence-electron chi connectivity index (χ2n) is 7.22. The van der Waals surface area contributed by atoms with Gasteiger partial charge in [0.15, 0.2) is 5.82 Å². The number of pyridine rings is 1. The Kier molecular flexibility index (Phi) is 3.75. The van der Waals surface area contributed by atoms with Crippen LogP contribution in [0, 0.1) is 0 Å². The van der Waals surface area contributed by atoms with Gasteiger partial charge >= 0.3 is 0 Å². The molecule has 1 amide bonds. The third kappa shape index (κ3) is 2.71. The molecule has 3 aromatic rings. The van der Waals surface area contributed by atoms with E-state index in [0.717, 1.165) is 54.1 Å². The van der Waals surface area contributed by atoms with Gasteiger partial charge in [-0.2, -0.15) is 0 Å². The lowest BCUT2D eigenvalue weighted by Crippen LogP contribution is -2.54. The molecule has 5 heterocycles. The number of carbonyl (C=O) groups is 1. The molecule has 7 heteroatoms. The van der Waals surface area contributed by atoms with Crippen molar-refractivity contribution in [1.82, 2.24) is 30.6 Å². The van der Waals surface area contributed by atoms with Crippen molar-refractivity contribution in [2.75, 3.05) is 19.6 Å². The highest BCUT2D eigenvalue weighted by Gasteiger charge is 2.42. The van der Waals surface area contributed by atoms with Crippen LogP contribution in [-0.4, -0.2) is 45.5 Å². The molecule has 0 unspecified atom stereocenters. The fourth-order valence-electron chi connectivity index (χ4n) is 4.10. The van der Waals surface area contributed by atoms with Gasteiger partial charge in [-0.05, 0) is 43.7 Å². The lowest BCUT2D eigenvalue weighted by molar-refractivity contribution is 0.0915. The van der Waals surface area contributed by atoms with Crippen LogP contribution in [-0.2, 0) is 5.41 Å². The Labute approximate surface area is 156 Å². The molecular formula is C20H20N6O. The van der Waals surface area contributed by atoms with Crippen LogP contribution >= 0.6 is 0 Å². The monoisotopic (exact) mass is 360 g/mol. The number of carbonyl (C=O) groups excluding carboxylic acids is 1. The third-order valence-corrected chi connectivity index (χ3v) is 5.50. The van der Waals surface area contributed by atoms with Gasteiger partial charge in [0.05, 0.1) is 17.0 Å². The summed E-state index contributed by atoms with van der Waals surface area (Å²) >= 11 is 0. The zero-order valence-corrected chi connectivity index (χ0v) is 14.8. The maximum absolute atomic E-state index is 12.5. The number of nitrogens with zero attached hydrogens (tertiary/aromatic N) is 3. The number of H-pyrrole nitrogens is 1. The Morgan fingerprint density at radius 1 is 1.15 bits per heavy atom. The maximum Gasteiger partial charge on any atom is 0.253 e. The smallest absolute Gasteiger partial charge is 0.253 e. The fourth-order valence-corrected chi connectivity index (χ4v) is 4.10. The Bertz CT molecular complexity index is 991. The van der Waals surface area contributed by atoms with Gasteiger partial charge in [-0.3, -0.25) is 9.78 Å². The fraction of sp³-hybridized carbons (Fsp3) is 0.300. The molecule has 27 heavy (non-hydrogen) atoms. The van der Waals surface area contributed by atoms with Crippen LogP contribution in [0.2, 0.25) is 0 Å². The molecule has 0 saturated carbocycles. The van der Waals surface area contributed by atoms with Crippen LogP contribution in [0.1, 0.15) is 28.9 Å². The number of hydrogen-bond acceptors (Lipinski definition) is 5. The molecule has 2 aliphatic heterocycles. The summed E-state index contributed by atoms with van der Waals surface area (Å²) in [6.45, 7) is 2.56. The average Bonchev–Trinajstić information content (AvgIpc) is 3.20. The van der Waals surface area contributed by atoms with Crippen LogP contribution < -0.4 is 10.6 Å². The molecule has 0 bridgehead atoms. The summed E-state index contributed by atoms with van der Waals surface area (Å²) in [6.07, 6.45) is 7.36. The molecule has 3 aromatic heterocycles. The quantitative estimate of drug-likeness (QED) is 0.649. The first-order valence-corrected chi connectivity index (χ1v) is 9.21. The molecule has 3 N–H and O–H groups in total. The molecule has 5 rings (SSSR count). The summed E-state index contributed by atoms with van der Waals surface area (Å²) in [5, 5.41) is 6.54.